The van der Waals surface area contributed by atoms with E-state index in [1.54, 1.807) is 0 Å². The van der Waals surface area contributed by atoms with Gasteiger partial charge in [0.05, 0.1) is 17.0 Å². The molecule has 0 radical (unpaired) electrons. The van der Waals surface area contributed by atoms with Crippen LogP contribution in [0.2, 0.25) is 0 Å². The van der Waals surface area contributed by atoms with Gasteiger partial charge < -0.3 is 15.8 Å². The maximum atomic E-state index is 6.00. The van der Waals surface area contributed by atoms with Crippen LogP contribution in [0.3, 0.4) is 0 Å². The van der Waals surface area contributed by atoms with Gasteiger partial charge in [-0.05, 0) is 34.6 Å². The number of nitrogens with zero attached hydrogens (tertiary/aromatic N) is 2. The largest absolute Gasteiger partial charge is 0.394 e. The third-order valence-electron chi connectivity index (χ3n) is 2.69. The Kier molecular flexibility index (Phi) is 4.40. The summed E-state index contributed by atoms with van der Waals surface area (Å²) in [4.78, 5) is 0. The van der Waals surface area contributed by atoms with E-state index in [4.69, 9.17) is 10.5 Å². The molecule has 0 aliphatic rings. The van der Waals surface area contributed by atoms with Gasteiger partial charge in [0.15, 0.2) is 0 Å². The molecule has 0 unspecified atom stereocenters. The number of aryl methyl sites for hydroxylation is 2. The molecule has 98 valence electrons. The van der Waals surface area contributed by atoms with Gasteiger partial charge in [0, 0.05) is 19.7 Å². The standard InChI is InChI=1S/C12H24N4O/c1-6-16-11(10(13)9(3)15-16)14-8-12(4,5)17-7-2/h14H,6-8,13H2,1-5H3. The summed E-state index contributed by atoms with van der Waals surface area (Å²) >= 11 is 0. The summed E-state index contributed by atoms with van der Waals surface area (Å²) < 4.78 is 7.52. The van der Waals surface area contributed by atoms with Crippen molar-refractivity contribution in [3.05, 3.63) is 5.69 Å². The van der Waals surface area contributed by atoms with Crippen LogP contribution in [-0.4, -0.2) is 28.5 Å². The zero-order valence-corrected chi connectivity index (χ0v) is 11.5. The average Bonchev–Trinajstić information content (AvgIpc) is 2.52. The molecule has 1 aromatic rings. The van der Waals surface area contributed by atoms with Crippen LogP contribution in [0.15, 0.2) is 0 Å². The van der Waals surface area contributed by atoms with E-state index in [0.29, 0.717) is 13.2 Å². The first-order valence-corrected chi connectivity index (χ1v) is 6.12. The molecule has 5 nitrogen and oxygen atoms in total. The SMILES string of the molecule is CCOC(C)(C)CNc1c(N)c(C)nn1CC. The second kappa shape index (κ2) is 5.40. The Balaban J connectivity index is 2.75. The predicted molar refractivity (Wildman–Crippen MR) is 71.2 cm³/mol. The number of nitrogen functional groups attached to an aromatic ring is 1. The van der Waals surface area contributed by atoms with E-state index < -0.39 is 0 Å². The highest BCUT2D eigenvalue weighted by Crippen LogP contribution is 2.23. The van der Waals surface area contributed by atoms with Crippen LogP contribution >= 0.6 is 0 Å². The highest BCUT2D eigenvalue weighted by atomic mass is 16.5. The number of nitrogens with one attached hydrogen (secondary N) is 1. The first-order chi connectivity index (χ1) is 7.91. The number of rotatable bonds is 6. The highest BCUT2D eigenvalue weighted by molar-refractivity contribution is 5.64. The van der Waals surface area contributed by atoms with Crippen molar-refractivity contribution in [2.75, 3.05) is 24.2 Å². The van der Waals surface area contributed by atoms with Gasteiger partial charge in [-0.1, -0.05) is 0 Å². The zero-order chi connectivity index (χ0) is 13.1. The lowest BCUT2D eigenvalue weighted by Gasteiger charge is -2.25. The van der Waals surface area contributed by atoms with E-state index in [2.05, 4.69) is 24.3 Å². The Hall–Kier alpha value is -1.23. The topological polar surface area (TPSA) is 65.1 Å². The van der Waals surface area contributed by atoms with Crippen LogP contribution in [0.5, 0.6) is 0 Å². The molecule has 0 saturated heterocycles. The summed E-state index contributed by atoms with van der Waals surface area (Å²) in [6, 6.07) is 0. The maximum absolute atomic E-state index is 6.00. The second-order valence-corrected chi connectivity index (χ2v) is 4.71. The predicted octanol–water partition coefficient (Wildman–Crippen LogP) is 2.02. The Morgan fingerprint density at radius 1 is 1.41 bits per heavy atom. The van der Waals surface area contributed by atoms with Gasteiger partial charge in [0.25, 0.3) is 0 Å². The number of nitrogens with two attached hydrogens (primary N) is 1. The van der Waals surface area contributed by atoms with Crippen molar-refractivity contribution in [1.29, 1.82) is 0 Å². The van der Waals surface area contributed by atoms with E-state index in [1.165, 1.54) is 0 Å². The van der Waals surface area contributed by atoms with Gasteiger partial charge in [0.2, 0.25) is 0 Å². The smallest absolute Gasteiger partial charge is 0.148 e. The van der Waals surface area contributed by atoms with Crippen LogP contribution in [0.4, 0.5) is 11.5 Å². The molecular weight excluding hydrogens is 216 g/mol. The molecule has 1 heterocycles. The van der Waals surface area contributed by atoms with Crippen molar-refractivity contribution in [2.45, 2.75) is 46.8 Å². The zero-order valence-electron chi connectivity index (χ0n) is 11.5. The molecule has 17 heavy (non-hydrogen) atoms. The van der Waals surface area contributed by atoms with Gasteiger partial charge in [-0.25, -0.2) is 4.68 Å². The number of anilines is 2. The van der Waals surface area contributed by atoms with Crippen LogP contribution < -0.4 is 11.1 Å². The molecule has 1 rings (SSSR count). The minimum Gasteiger partial charge on any atom is -0.394 e. The molecule has 0 amide bonds. The monoisotopic (exact) mass is 240 g/mol. The quantitative estimate of drug-likeness (QED) is 0.798. The fourth-order valence-corrected chi connectivity index (χ4v) is 1.75. The van der Waals surface area contributed by atoms with Crippen molar-refractivity contribution in [2.24, 2.45) is 0 Å². The summed E-state index contributed by atoms with van der Waals surface area (Å²) in [5, 5.41) is 7.69. The van der Waals surface area contributed by atoms with E-state index in [9.17, 15) is 0 Å². The second-order valence-electron chi connectivity index (χ2n) is 4.71. The van der Waals surface area contributed by atoms with Gasteiger partial charge >= 0.3 is 0 Å². The van der Waals surface area contributed by atoms with Crippen molar-refractivity contribution >= 4 is 11.5 Å². The van der Waals surface area contributed by atoms with E-state index in [1.807, 2.05) is 25.5 Å². The van der Waals surface area contributed by atoms with Crippen molar-refractivity contribution in [3.63, 3.8) is 0 Å². The summed E-state index contributed by atoms with van der Waals surface area (Å²) in [7, 11) is 0. The van der Waals surface area contributed by atoms with Crippen LogP contribution in [0.25, 0.3) is 0 Å². The summed E-state index contributed by atoms with van der Waals surface area (Å²) in [5.41, 5.74) is 7.37. The molecule has 0 aliphatic heterocycles. The molecule has 0 aromatic carbocycles. The van der Waals surface area contributed by atoms with Crippen molar-refractivity contribution in [3.8, 4) is 0 Å². The number of hydrogen-bond donors (Lipinski definition) is 2. The first-order valence-electron chi connectivity index (χ1n) is 6.12. The van der Waals surface area contributed by atoms with Crippen LogP contribution in [0, 0.1) is 6.92 Å². The van der Waals surface area contributed by atoms with Crippen LogP contribution in [0.1, 0.15) is 33.4 Å². The summed E-state index contributed by atoms with van der Waals surface area (Å²) in [5.74, 6) is 0.887. The molecule has 5 heteroatoms. The molecule has 0 aliphatic carbocycles. The lowest BCUT2D eigenvalue weighted by Crippen LogP contribution is -2.34. The Morgan fingerprint density at radius 2 is 2.06 bits per heavy atom. The maximum Gasteiger partial charge on any atom is 0.148 e. The summed E-state index contributed by atoms with van der Waals surface area (Å²) in [6.45, 7) is 12.3. The lowest BCUT2D eigenvalue weighted by atomic mass is 10.1. The molecular formula is C12H24N4O. The molecule has 0 fully saturated rings. The normalized spacial score (nSPS) is 11.8. The van der Waals surface area contributed by atoms with Crippen LogP contribution in [-0.2, 0) is 11.3 Å². The fourth-order valence-electron chi connectivity index (χ4n) is 1.75. The van der Waals surface area contributed by atoms with E-state index >= 15 is 0 Å². The van der Waals surface area contributed by atoms with Gasteiger partial charge in [-0.15, -0.1) is 0 Å². The molecule has 0 atom stereocenters. The van der Waals surface area contributed by atoms with Crippen molar-refractivity contribution in [1.82, 2.24) is 9.78 Å². The molecule has 0 spiro atoms. The Bertz CT molecular complexity index is 371. The fraction of sp³-hybridized carbons (Fsp3) is 0.750. The number of aromatic nitrogens is 2. The van der Waals surface area contributed by atoms with Gasteiger partial charge in [0.1, 0.15) is 5.82 Å². The van der Waals surface area contributed by atoms with Gasteiger partial charge in [-0.3, -0.25) is 0 Å². The lowest BCUT2D eigenvalue weighted by molar-refractivity contribution is 0.000603. The van der Waals surface area contributed by atoms with E-state index in [0.717, 1.165) is 23.7 Å². The Morgan fingerprint density at radius 3 is 2.59 bits per heavy atom. The van der Waals surface area contributed by atoms with Crippen molar-refractivity contribution < 1.29 is 4.74 Å². The third-order valence-corrected chi connectivity index (χ3v) is 2.69. The van der Waals surface area contributed by atoms with Gasteiger partial charge in [-0.2, -0.15) is 5.10 Å². The molecule has 3 N–H and O–H groups in total. The number of ether oxygens (including phenoxy) is 1. The first kappa shape index (κ1) is 13.8. The number of hydrogen-bond acceptors (Lipinski definition) is 4. The highest BCUT2D eigenvalue weighted by Gasteiger charge is 2.19. The third kappa shape index (κ3) is 3.36. The van der Waals surface area contributed by atoms with E-state index in [-0.39, 0.29) is 5.60 Å². The molecule has 0 bridgehead atoms. The minimum atomic E-state index is -0.210. The Labute approximate surface area is 103 Å². The molecule has 0 saturated carbocycles. The minimum absolute atomic E-state index is 0.210. The summed E-state index contributed by atoms with van der Waals surface area (Å²) in [6.07, 6.45) is 0. The average molecular weight is 240 g/mol. The molecule has 1 aromatic heterocycles.